The van der Waals surface area contributed by atoms with Gasteiger partial charge in [-0.25, -0.2) is 0 Å². The monoisotopic (exact) mass is 354 g/mol. The lowest BCUT2D eigenvalue weighted by atomic mass is 9.88. The summed E-state index contributed by atoms with van der Waals surface area (Å²) in [4.78, 5) is 35.3. The van der Waals surface area contributed by atoms with E-state index in [2.05, 4.69) is 5.32 Å². The summed E-state index contributed by atoms with van der Waals surface area (Å²) >= 11 is 0. The van der Waals surface area contributed by atoms with E-state index >= 15 is 0 Å². The van der Waals surface area contributed by atoms with E-state index in [0.717, 1.165) is 5.56 Å². The van der Waals surface area contributed by atoms with Crippen molar-refractivity contribution in [3.63, 3.8) is 0 Å². The fourth-order valence-electron chi connectivity index (χ4n) is 2.59. The number of anilines is 1. The Labute approximate surface area is 152 Å². The highest BCUT2D eigenvalue weighted by Gasteiger charge is 2.26. The Morgan fingerprint density at radius 3 is 2.12 bits per heavy atom. The van der Waals surface area contributed by atoms with Crippen LogP contribution in [0, 0.1) is 28.9 Å². The molecule has 6 nitrogen and oxygen atoms in total. The van der Waals surface area contributed by atoms with Gasteiger partial charge in [-0.1, -0.05) is 31.5 Å². The second-order valence-electron chi connectivity index (χ2n) is 6.64. The largest absolute Gasteiger partial charge is 0.326 e. The molecule has 0 aromatic heterocycles. The number of carbonyl (C=O) groups excluding carboxylic acids is 2. The summed E-state index contributed by atoms with van der Waals surface area (Å²) in [5, 5.41) is 13.6. The molecule has 2 aromatic carbocycles. The minimum atomic E-state index is -0.514. The highest BCUT2D eigenvalue weighted by Crippen LogP contribution is 2.22. The number of carbonyl (C=O) groups is 2. The topological polar surface area (TPSA) is 89.3 Å². The summed E-state index contributed by atoms with van der Waals surface area (Å²) in [6.07, 6.45) is 0.0488. The smallest absolute Gasteiger partial charge is 0.269 e. The van der Waals surface area contributed by atoms with Crippen molar-refractivity contribution in [3.05, 3.63) is 69.8 Å². The molecule has 0 aliphatic rings. The fraction of sp³-hybridized carbons (Fsp3) is 0.300. The molecule has 136 valence electrons. The van der Waals surface area contributed by atoms with E-state index in [1.54, 1.807) is 0 Å². The molecule has 0 radical (unpaired) electrons. The Balaban J connectivity index is 2.08. The molecule has 2 rings (SSSR count). The van der Waals surface area contributed by atoms with Crippen LogP contribution >= 0.6 is 0 Å². The van der Waals surface area contributed by atoms with Crippen LogP contribution in [0.4, 0.5) is 11.4 Å². The summed E-state index contributed by atoms with van der Waals surface area (Å²) < 4.78 is 0. The van der Waals surface area contributed by atoms with Crippen LogP contribution in [-0.2, 0) is 4.79 Å². The quantitative estimate of drug-likeness (QED) is 0.454. The van der Waals surface area contributed by atoms with Gasteiger partial charge in [-0.15, -0.1) is 0 Å². The van der Waals surface area contributed by atoms with Crippen molar-refractivity contribution >= 4 is 23.1 Å². The van der Waals surface area contributed by atoms with E-state index in [1.807, 2.05) is 45.0 Å². The van der Waals surface area contributed by atoms with Crippen molar-refractivity contribution in [2.24, 2.45) is 11.8 Å². The van der Waals surface area contributed by atoms with Gasteiger partial charge in [0.25, 0.3) is 5.69 Å². The van der Waals surface area contributed by atoms with Crippen LogP contribution in [-0.4, -0.2) is 16.6 Å². The van der Waals surface area contributed by atoms with Crippen LogP contribution in [0.2, 0.25) is 0 Å². The predicted molar refractivity (Wildman–Crippen MR) is 100 cm³/mol. The van der Waals surface area contributed by atoms with Crippen molar-refractivity contribution in [3.8, 4) is 0 Å². The number of non-ortho nitro benzene ring substituents is 1. The molecule has 26 heavy (non-hydrogen) atoms. The molecule has 0 saturated heterocycles. The number of nitro groups is 1. The summed E-state index contributed by atoms with van der Waals surface area (Å²) in [5.41, 5.74) is 2.08. The number of hydrogen-bond donors (Lipinski definition) is 1. The minimum Gasteiger partial charge on any atom is -0.326 e. The minimum absolute atomic E-state index is 0.0255. The van der Waals surface area contributed by atoms with E-state index in [1.165, 1.54) is 24.3 Å². The van der Waals surface area contributed by atoms with Gasteiger partial charge in [0.1, 0.15) is 0 Å². The summed E-state index contributed by atoms with van der Waals surface area (Å²) in [6, 6.07) is 12.9. The lowest BCUT2D eigenvalue weighted by molar-refractivity contribution is -0.384. The first-order valence-electron chi connectivity index (χ1n) is 8.43. The molecule has 0 aliphatic heterocycles. The molecular weight excluding hydrogens is 332 g/mol. The van der Waals surface area contributed by atoms with Crippen LogP contribution in [0.25, 0.3) is 0 Å². The van der Waals surface area contributed by atoms with Crippen molar-refractivity contribution in [2.75, 3.05) is 5.32 Å². The van der Waals surface area contributed by atoms with Gasteiger partial charge in [-0.2, -0.15) is 0 Å². The zero-order valence-corrected chi connectivity index (χ0v) is 15.1. The maximum atomic E-state index is 12.6. The number of nitrogens with one attached hydrogen (secondary N) is 1. The first-order valence-corrected chi connectivity index (χ1v) is 8.43. The average molecular weight is 354 g/mol. The number of rotatable bonds is 7. The van der Waals surface area contributed by atoms with Gasteiger partial charge in [0.2, 0.25) is 5.91 Å². The van der Waals surface area contributed by atoms with Gasteiger partial charge < -0.3 is 5.32 Å². The Morgan fingerprint density at radius 2 is 1.62 bits per heavy atom. The highest BCUT2D eigenvalue weighted by molar-refractivity contribution is 6.01. The van der Waals surface area contributed by atoms with E-state index in [-0.39, 0.29) is 29.7 Å². The molecule has 0 bridgehead atoms. The Morgan fingerprint density at radius 1 is 1.04 bits per heavy atom. The number of amides is 1. The lowest BCUT2D eigenvalue weighted by Gasteiger charge is -2.20. The maximum Gasteiger partial charge on any atom is 0.269 e. The number of nitrogens with zero attached hydrogens (tertiary/aromatic N) is 1. The molecule has 6 heteroatoms. The number of Topliss-reactive ketones (excluding diaryl/α,β-unsaturated/α-hetero) is 1. The average Bonchev–Trinajstić information content (AvgIpc) is 2.61. The number of hydrogen-bond acceptors (Lipinski definition) is 4. The van der Waals surface area contributed by atoms with E-state index in [0.29, 0.717) is 11.3 Å². The molecule has 1 N–H and O–H groups in total. The molecular formula is C20H22N2O4. The van der Waals surface area contributed by atoms with Crippen LogP contribution in [0.5, 0.6) is 0 Å². The van der Waals surface area contributed by atoms with E-state index < -0.39 is 10.8 Å². The molecule has 0 unspecified atom stereocenters. The number of ketones is 1. The second kappa shape index (κ2) is 8.38. The Kier molecular flexibility index (Phi) is 6.22. The molecule has 2 aromatic rings. The third kappa shape index (κ3) is 4.99. The third-order valence-electron chi connectivity index (χ3n) is 4.27. The van der Waals surface area contributed by atoms with E-state index in [9.17, 15) is 19.7 Å². The summed E-state index contributed by atoms with van der Waals surface area (Å²) in [7, 11) is 0. The van der Waals surface area contributed by atoms with Gasteiger partial charge in [0, 0.05) is 35.7 Å². The zero-order chi connectivity index (χ0) is 19.3. The molecule has 1 amide bonds. The molecule has 0 heterocycles. The molecule has 0 fully saturated rings. The normalized spacial score (nSPS) is 11.8. The predicted octanol–water partition coefficient (Wildman–Crippen LogP) is 4.39. The van der Waals surface area contributed by atoms with Crippen molar-refractivity contribution < 1.29 is 14.5 Å². The van der Waals surface area contributed by atoms with Crippen molar-refractivity contribution in [1.82, 2.24) is 0 Å². The van der Waals surface area contributed by atoms with Crippen molar-refractivity contribution in [2.45, 2.75) is 27.2 Å². The maximum absolute atomic E-state index is 12.6. The van der Waals surface area contributed by atoms with E-state index in [4.69, 9.17) is 0 Å². The van der Waals surface area contributed by atoms with Gasteiger partial charge in [-0.3, -0.25) is 19.7 Å². The van der Waals surface area contributed by atoms with Gasteiger partial charge >= 0.3 is 0 Å². The molecule has 0 aliphatic carbocycles. The zero-order valence-electron chi connectivity index (χ0n) is 15.1. The summed E-state index contributed by atoms with van der Waals surface area (Å²) in [6.45, 7) is 5.75. The number of aryl methyl sites for hydroxylation is 1. The van der Waals surface area contributed by atoms with Gasteiger partial charge in [0.05, 0.1) is 4.92 Å². The van der Waals surface area contributed by atoms with Crippen molar-refractivity contribution in [1.29, 1.82) is 0 Å². The van der Waals surface area contributed by atoms with Crippen LogP contribution < -0.4 is 5.32 Å². The molecule has 1 atom stereocenters. The summed E-state index contributed by atoms with van der Waals surface area (Å²) in [5.74, 6) is -0.932. The molecule has 0 spiro atoms. The first-order chi connectivity index (χ1) is 12.3. The SMILES string of the molecule is Cc1ccc(NC(=O)[C@@H](CC(=O)c2ccc([N+](=O)[O-])cc2)C(C)C)cc1. The number of benzene rings is 2. The van der Waals surface area contributed by atoms with Gasteiger partial charge in [-0.05, 0) is 37.1 Å². The standard InChI is InChI=1S/C20H22N2O4/c1-13(2)18(20(24)21-16-8-4-14(3)5-9-16)12-19(23)15-6-10-17(11-7-15)22(25)26/h4-11,13,18H,12H2,1-3H3,(H,21,24)/t18-/m0/s1. The Hall–Kier alpha value is -3.02. The van der Waals surface area contributed by atoms with Crippen LogP contribution in [0.3, 0.4) is 0 Å². The number of nitro benzene ring substituents is 1. The highest BCUT2D eigenvalue weighted by atomic mass is 16.6. The fourth-order valence-corrected chi connectivity index (χ4v) is 2.59. The second-order valence-corrected chi connectivity index (χ2v) is 6.64. The Bertz CT molecular complexity index is 796. The van der Waals surface area contributed by atoms with Gasteiger partial charge in [0.15, 0.2) is 5.78 Å². The van der Waals surface area contributed by atoms with Crippen LogP contribution in [0.1, 0.15) is 36.2 Å². The van der Waals surface area contributed by atoms with Crippen LogP contribution in [0.15, 0.2) is 48.5 Å². The third-order valence-corrected chi connectivity index (χ3v) is 4.27. The first kappa shape index (κ1) is 19.3. The molecule has 0 saturated carbocycles. The lowest BCUT2D eigenvalue weighted by Crippen LogP contribution is -2.29.